The third-order valence-electron chi connectivity index (χ3n) is 5.77. The van der Waals surface area contributed by atoms with Crippen molar-refractivity contribution in [2.45, 2.75) is 43.4 Å². The standard InChI is InChI=1S/C26H31NO8S3/c1-19-5-10-24(11-6-19)37(30,31)34-15-16-36(28,29)27-26-14-9-23(17-21(26)3)22(4)18-35-38(32,33)25-12-7-20(2)8-13-25/h5-14,17,22,27H,15-16,18H2,1-4H3/t22-/m1/s1. The normalized spacial score (nSPS) is 13.3. The molecular weight excluding hydrogens is 550 g/mol. The molecule has 0 saturated carbocycles. The number of anilines is 1. The summed E-state index contributed by atoms with van der Waals surface area (Å²) in [6.45, 7) is 6.54. The van der Waals surface area contributed by atoms with E-state index in [-0.39, 0.29) is 22.3 Å². The molecule has 12 heteroatoms. The maximum atomic E-state index is 12.5. The van der Waals surface area contributed by atoms with E-state index in [9.17, 15) is 25.3 Å². The Labute approximate surface area is 225 Å². The van der Waals surface area contributed by atoms with Crippen LogP contribution in [0.3, 0.4) is 0 Å². The van der Waals surface area contributed by atoms with Crippen molar-refractivity contribution in [2.75, 3.05) is 23.7 Å². The van der Waals surface area contributed by atoms with Gasteiger partial charge in [-0.2, -0.15) is 16.8 Å². The maximum Gasteiger partial charge on any atom is 0.297 e. The van der Waals surface area contributed by atoms with Crippen LogP contribution in [0.1, 0.15) is 35.1 Å². The maximum absolute atomic E-state index is 12.5. The second-order valence-corrected chi connectivity index (χ2v) is 14.1. The molecule has 9 nitrogen and oxygen atoms in total. The number of sulfonamides is 1. The van der Waals surface area contributed by atoms with Crippen molar-refractivity contribution in [3.63, 3.8) is 0 Å². The van der Waals surface area contributed by atoms with Gasteiger partial charge in [-0.05, 0) is 62.2 Å². The van der Waals surface area contributed by atoms with E-state index >= 15 is 0 Å². The van der Waals surface area contributed by atoms with Gasteiger partial charge < -0.3 is 0 Å². The van der Waals surface area contributed by atoms with E-state index in [1.165, 1.54) is 24.3 Å². The Hall–Kier alpha value is -2.77. The summed E-state index contributed by atoms with van der Waals surface area (Å²) < 4.78 is 87.1. The van der Waals surface area contributed by atoms with E-state index in [1.54, 1.807) is 56.3 Å². The van der Waals surface area contributed by atoms with Gasteiger partial charge in [0.2, 0.25) is 10.0 Å². The van der Waals surface area contributed by atoms with Gasteiger partial charge in [-0.1, -0.05) is 54.4 Å². The molecule has 3 aromatic rings. The van der Waals surface area contributed by atoms with Crippen molar-refractivity contribution in [3.8, 4) is 0 Å². The summed E-state index contributed by atoms with van der Waals surface area (Å²) in [5, 5.41) is 0. The summed E-state index contributed by atoms with van der Waals surface area (Å²) in [6, 6.07) is 17.4. The molecule has 0 spiro atoms. The Morgan fingerprint density at radius 3 is 1.71 bits per heavy atom. The number of hydrogen-bond acceptors (Lipinski definition) is 8. The molecule has 0 unspecified atom stereocenters. The van der Waals surface area contributed by atoms with Crippen molar-refractivity contribution in [2.24, 2.45) is 0 Å². The van der Waals surface area contributed by atoms with Crippen LogP contribution in [0.2, 0.25) is 0 Å². The largest absolute Gasteiger partial charge is 0.297 e. The first-order valence-corrected chi connectivity index (χ1v) is 16.2. The molecule has 0 aromatic heterocycles. The highest BCUT2D eigenvalue weighted by molar-refractivity contribution is 7.92. The van der Waals surface area contributed by atoms with E-state index < -0.39 is 42.6 Å². The molecule has 3 rings (SSSR count). The fraction of sp³-hybridized carbons (Fsp3) is 0.308. The van der Waals surface area contributed by atoms with E-state index in [0.29, 0.717) is 11.3 Å². The smallest absolute Gasteiger partial charge is 0.283 e. The molecule has 3 aromatic carbocycles. The average molecular weight is 582 g/mol. The molecule has 0 heterocycles. The molecule has 1 N–H and O–H groups in total. The van der Waals surface area contributed by atoms with E-state index in [4.69, 9.17) is 8.37 Å². The summed E-state index contributed by atoms with van der Waals surface area (Å²) in [4.78, 5) is 0.0246. The molecule has 0 fully saturated rings. The lowest BCUT2D eigenvalue weighted by molar-refractivity contribution is 0.298. The number of aryl methyl sites for hydroxylation is 3. The number of rotatable bonds is 12. The highest BCUT2D eigenvalue weighted by Gasteiger charge is 2.20. The van der Waals surface area contributed by atoms with Crippen LogP contribution in [0.5, 0.6) is 0 Å². The zero-order valence-electron chi connectivity index (χ0n) is 21.5. The van der Waals surface area contributed by atoms with Crippen molar-refractivity contribution in [3.05, 3.63) is 89.0 Å². The predicted molar refractivity (Wildman–Crippen MR) is 146 cm³/mol. The first-order chi connectivity index (χ1) is 17.7. The van der Waals surface area contributed by atoms with Crippen LogP contribution in [-0.2, 0) is 38.6 Å². The third-order valence-corrected chi connectivity index (χ3v) is 9.63. The van der Waals surface area contributed by atoms with Crippen molar-refractivity contribution < 1.29 is 33.6 Å². The number of benzene rings is 3. The van der Waals surface area contributed by atoms with Crippen LogP contribution in [0, 0.1) is 20.8 Å². The minimum Gasteiger partial charge on any atom is -0.283 e. The highest BCUT2D eigenvalue weighted by atomic mass is 32.2. The summed E-state index contributed by atoms with van der Waals surface area (Å²) in [5.41, 5.74) is 3.50. The van der Waals surface area contributed by atoms with Gasteiger partial charge in [0.05, 0.1) is 34.4 Å². The van der Waals surface area contributed by atoms with Gasteiger partial charge in [-0.15, -0.1) is 0 Å². The average Bonchev–Trinajstić information content (AvgIpc) is 2.84. The van der Waals surface area contributed by atoms with E-state index in [0.717, 1.165) is 16.7 Å². The first kappa shape index (κ1) is 29.8. The Balaban J connectivity index is 1.58. The van der Waals surface area contributed by atoms with E-state index in [1.807, 2.05) is 13.8 Å². The molecule has 0 aliphatic rings. The summed E-state index contributed by atoms with van der Waals surface area (Å²) in [6.07, 6.45) is 0. The quantitative estimate of drug-likeness (QED) is 0.314. The molecule has 1 atom stereocenters. The fourth-order valence-corrected chi connectivity index (χ4v) is 6.39. The second kappa shape index (κ2) is 12.0. The van der Waals surface area contributed by atoms with Gasteiger partial charge in [0, 0.05) is 5.92 Å². The minimum atomic E-state index is -4.08. The zero-order chi connectivity index (χ0) is 28.1. The SMILES string of the molecule is Cc1ccc(S(=O)(=O)OCCS(=O)(=O)Nc2ccc([C@H](C)COS(=O)(=O)c3ccc(C)cc3)cc2C)cc1. The molecule has 206 valence electrons. The first-order valence-electron chi connectivity index (χ1n) is 11.7. The molecule has 38 heavy (non-hydrogen) atoms. The van der Waals surface area contributed by atoms with Crippen molar-refractivity contribution in [1.82, 2.24) is 0 Å². The zero-order valence-corrected chi connectivity index (χ0v) is 24.0. The van der Waals surface area contributed by atoms with Gasteiger partial charge in [-0.25, -0.2) is 8.42 Å². The summed E-state index contributed by atoms with van der Waals surface area (Å²) in [5.74, 6) is -0.861. The number of nitrogens with one attached hydrogen (secondary N) is 1. The molecule has 0 saturated heterocycles. The molecule has 0 bridgehead atoms. The molecule has 0 aliphatic carbocycles. The van der Waals surface area contributed by atoms with Gasteiger partial charge in [0.15, 0.2) is 0 Å². The van der Waals surface area contributed by atoms with Crippen molar-refractivity contribution in [1.29, 1.82) is 0 Å². The van der Waals surface area contributed by atoms with Gasteiger partial charge in [0.1, 0.15) is 0 Å². The second-order valence-electron chi connectivity index (χ2n) is 9.04. The molecular formula is C26H31NO8S3. The summed E-state index contributed by atoms with van der Waals surface area (Å²) in [7, 11) is -11.9. The third kappa shape index (κ3) is 8.11. The van der Waals surface area contributed by atoms with Crippen molar-refractivity contribution >= 4 is 35.9 Å². The van der Waals surface area contributed by atoms with Gasteiger partial charge in [0.25, 0.3) is 20.2 Å². The number of hydrogen-bond donors (Lipinski definition) is 1. The Bertz CT molecular complexity index is 1580. The fourth-order valence-electron chi connectivity index (χ4n) is 3.41. The summed E-state index contributed by atoms with van der Waals surface area (Å²) >= 11 is 0. The topological polar surface area (TPSA) is 133 Å². The lowest BCUT2D eigenvalue weighted by Crippen LogP contribution is -2.22. The lowest BCUT2D eigenvalue weighted by atomic mass is 9.99. The van der Waals surface area contributed by atoms with Crippen LogP contribution < -0.4 is 4.72 Å². The van der Waals surface area contributed by atoms with Crippen LogP contribution in [-0.4, -0.2) is 44.2 Å². The van der Waals surface area contributed by atoms with Crippen LogP contribution in [0.4, 0.5) is 5.69 Å². The monoisotopic (exact) mass is 581 g/mol. The lowest BCUT2D eigenvalue weighted by Gasteiger charge is -2.16. The molecule has 0 amide bonds. The van der Waals surface area contributed by atoms with E-state index in [2.05, 4.69) is 4.72 Å². The van der Waals surface area contributed by atoms with Gasteiger partial charge in [-0.3, -0.25) is 13.1 Å². The highest BCUT2D eigenvalue weighted by Crippen LogP contribution is 2.25. The van der Waals surface area contributed by atoms with Crippen LogP contribution >= 0.6 is 0 Å². The van der Waals surface area contributed by atoms with Crippen LogP contribution in [0.15, 0.2) is 76.5 Å². The molecule has 0 radical (unpaired) electrons. The van der Waals surface area contributed by atoms with Crippen LogP contribution in [0.25, 0.3) is 0 Å². The Morgan fingerprint density at radius 1 is 0.711 bits per heavy atom. The minimum absolute atomic E-state index is 0.0512. The predicted octanol–water partition coefficient (Wildman–Crippen LogP) is 4.27. The Morgan fingerprint density at radius 2 is 1.21 bits per heavy atom. The Kier molecular flexibility index (Phi) is 9.37. The molecule has 0 aliphatic heterocycles. The van der Waals surface area contributed by atoms with Gasteiger partial charge >= 0.3 is 0 Å².